The smallest absolute Gasteiger partial charge is 0.227 e. The van der Waals surface area contributed by atoms with Gasteiger partial charge in [0.1, 0.15) is 5.75 Å². The lowest BCUT2D eigenvalue weighted by molar-refractivity contribution is -0.121. The molecule has 1 fully saturated rings. The molecule has 1 aliphatic heterocycles. The molecule has 1 saturated carbocycles. The van der Waals surface area contributed by atoms with Gasteiger partial charge in [-0.25, -0.2) is 0 Å². The van der Waals surface area contributed by atoms with Gasteiger partial charge in [-0.15, -0.1) is 0 Å². The zero-order chi connectivity index (χ0) is 19.0. The highest BCUT2D eigenvalue weighted by Crippen LogP contribution is 2.50. The van der Waals surface area contributed by atoms with Crippen LogP contribution in [0.25, 0.3) is 0 Å². The first kappa shape index (κ1) is 18.1. The fourth-order valence-electron chi connectivity index (χ4n) is 4.69. The van der Waals surface area contributed by atoms with Crippen molar-refractivity contribution >= 4 is 11.6 Å². The molecular formula is C24H29NO2. The first-order chi connectivity index (χ1) is 13.0. The number of ether oxygens (including phenoxy) is 1. The van der Waals surface area contributed by atoms with E-state index in [0.717, 1.165) is 43.7 Å². The third kappa shape index (κ3) is 3.47. The average molecular weight is 364 g/mol. The van der Waals surface area contributed by atoms with Crippen molar-refractivity contribution in [1.82, 2.24) is 0 Å². The second-order valence-electron chi connectivity index (χ2n) is 8.55. The minimum Gasteiger partial charge on any atom is -0.492 e. The summed E-state index contributed by atoms with van der Waals surface area (Å²) in [4.78, 5) is 12.7. The van der Waals surface area contributed by atoms with Gasteiger partial charge in [-0.05, 0) is 69.2 Å². The Balaban J connectivity index is 1.39. The molecule has 1 spiro atoms. The Morgan fingerprint density at radius 3 is 2.44 bits per heavy atom. The maximum atomic E-state index is 12.7. The van der Waals surface area contributed by atoms with E-state index in [1.54, 1.807) is 0 Å². The van der Waals surface area contributed by atoms with E-state index in [4.69, 9.17) is 4.74 Å². The molecule has 0 radical (unpaired) electrons. The van der Waals surface area contributed by atoms with Gasteiger partial charge in [-0.3, -0.25) is 4.79 Å². The highest BCUT2D eigenvalue weighted by molar-refractivity contribution is 5.92. The van der Waals surface area contributed by atoms with Gasteiger partial charge in [-0.2, -0.15) is 0 Å². The van der Waals surface area contributed by atoms with E-state index >= 15 is 0 Å². The highest BCUT2D eigenvalue weighted by Gasteiger charge is 2.44. The van der Waals surface area contributed by atoms with Gasteiger partial charge in [0.05, 0.1) is 6.61 Å². The number of anilines is 1. The van der Waals surface area contributed by atoms with Crippen LogP contribution in [0.15, 0.2) is 42.5 Å². The molecule has 0 aromatic heterocycles. The Morgan fingerprint density at radius 1 is 1.07 bits per heavy atom. The normalized spacial score (nSPS) is 24.9. The van der Waals surface area contributed by atoms with E-state index in [2.05, 4.69) is 44.3 Å². The molecular weight excluding hydrogens is 334 g/mol. The summed E-state index contributed by atoms with van der Waals surface area (Å²) < 4.78 is 6.03. The van der Waals surface area contributed by atoms with Crippen LogP contribution in [-0.4, -0.2) is 12.5 Å². The van der Waals surface area contributed by atoms with Crippen LogP contribution in [0.5, 0.6) is 5.75 Å². The van der Waals surface area contributed by atoms with E-state index in [1.165, 1.54) is 16.7 Å². The standard InChI is InChI=1S/C24H29NO2/c1-16-4-7-20(8-5-16)25-23(26)18(3)19-10-12-24(13-11-19)15-27-22-14-17(2)6-9-21(22)24/h4-9,14,18-19H,10-13,15H2,1-3H3,(H,25,26)/t18-,19?,24?/m1/s1. The summed E-state index contributed by atoms with van der Waals surface area (Å²) in [5.74, 6) is 1.68. The predicted molar refractivity (Wildman–Crippen MR) is 109 cm³/mol. The van der Waals surface area contributed by atoms with E-state index in [1.807, 2.05) is 24.3 Å². The number of hydrogen-bond donors (Lipinski definition) is 1. The first-order valence-electron chi connectivity index (χ1n) is 10.1. The first-order valence-corrected chi connectivity index (χ1v) is 10.1. The summed E-state index contributed by atoms with van der Waals surface area (Å²) in [6.45, 7) is 7.04. The molecule has 0 saturated heterocycles. The lowest BCUT2D eigenvalue weighted by atomic mass is 9.65. The Hall–Kier alpha value is -2.29. The Morgan fingerprint density at radius 2 is 1.74 bits per heavy atom. The molecule has 1 heterocycles. The van der Waals surface area contributed by atoms with Gasteiger partial charge < -0.3 is 10.1 Å². The number of carbonyl (C=O) groups is 1. The molecule has 2 aromatic carbocycles. The third-order valence-corrected chi connectivity index (χ3v) is 6.64. The van der Waals surface area contributed by atoms with Crippen molar-refractivity contribution in [3.05, 3.63) is 59.2 Å². The molecule has 0 bridgehead atoms. The maximum absolute atomic E-state index is 12.7. The second-order valence-corrected chi connectivity index (χ2v) is 8.55. The highest BCUT2D eigenvalue weighted by atomic mass is 16.5. The third-order valence-electron chi connectivity index (χ3n) is 6.64. The van der Waals surface area contributed by atoms with Gasteiger partial charge in [-0.1, -0.05) is 36.8 Å². The van der Waals surface area contributed by atoms with E-state index in [9.17, 15) is 4.79 Å². The molecule has 2 aliphatic rings. The zero-order valence-electron chi connectivity index (χ0n) is 16.5. The number of amides is 1. The topological polar surface area (TPSA) is 38.3 Å². The zero-order valence-corrected chi connectivity index (χ0v) is 16.5. The fraction of sp³-hybridized carbons (Fsp3) is 0.458. The number of hydrogen-bond acceptors (Lipinski definition) is 2. The summed E-state index contributed by atoms with van der Waals surface area (Å²) >= 11 is 0. The lowest BCUT2D eigenvalue weighted by Crippen LogP contribution is -2.37. The van der Waals surface area contributed by atoms with Crippen LogP contribution in [0.4, 0.5) is 5.69 Å². The summed E-state index contributed by atoms with van der Waals surface area (Å²) in [7, 11) is 0. The molecule has 1 atom stereocenters. The Kier molecular flexibility index (Phi) is 4.71. The van der Waals surface area contributed by atoms with E-state index < -0.39 is 0 Å². The second kappa shape index (κ2) is 7.03. The number of fused-ring (bicyclic) bond motifs is 2. The number of carbonyl (C=O) groups excluding carboxylic acids is 1. The van der Waals surface area contributed by atoms with Crippen molar-refractivity contribution < 1.29 is 9.53 Å². The molecule has 1 amide bonds. The predicted octanol–water partition coefficient (Wildman–Crippen LogP) is 5.40. The summed E-state index contributed by atoms with van der Waals surface area (Å²) in [5.41, 5.74) is 4.88. The van der Waals surface area contributed by atoms with Crippen molar-refractivity contribution in [1.29, 1.82) is 0 Å². The largest absolute Gasteiger partial charge is 0.492 e. The lowest BCUT2D eigenvalue weighted by Gasteiger charge is -2.38. The number of benzene rings is 2. The van der Waals surface area contributed by atoms with Gasteiger partial charge in [0.25, 0.3) is 0 Å². The molecule has 4 rings (SSSR count). The van der Waals surface area contributed by atoms with Crippen molar-refractivity contribution in [3.8, 4) is 5.75 Å². The van der Waals surface area contributed by atoms with Gasteiger partial charge >= 0.3 is 0 Å². The monoisotopic (exact) mass is 363 g/mol. The van der Waals surface area contributed by atoms with Gasteiger partial charge in [0, 0.05) is 22.6 Å². The van der Waals surface area contributed by atoms with E-state index in [-0.39, 0.29) is 17.2 Å². The quantitative estimate of drug-likeness (QED) is 0.793. The minimum absolute atomic E-state index is 0.0310. The molecule has 2 aromatic rings. The SMILES string of the molecule is Cc1ccc(NC(=O)[C@H](C)C2CCC3(CC2)COc2cc(C)ccc23)cc1. The van der Waals surface area contributed by atoms with Gasteiger partial charge in [0.2, 0.25) is 5.91 Å². The average Bonchev–Trinajstić information content (AvgIpc) is 3.01. The van der Waals surface area contributed by atoms with Crippen LogP contribution in [0.2, 0.25) is 0 Å². The number of nitrogens with one attached hydrogen (secondary N) is 1. The minimum atomic E-state index is 0.0310. The van der Waals surface area contributed by atoms with Crippen LogP contribution >= 0.6 is 0 Å². The van der Waals surface area contributed by atoms with Crippen molar-refractivity contribution in [2.45, 2.75) is 51.9 Å². The number of rotatable bonds is 3. The molecule has 3 nitrogen and oxygen atoms in total. The van der Waals surface area contributed by atoms with Crippen molar-refractivity contribution in [2.24, 2.45) is 11.8 Å². The Labute approximate surface area is 162 Å². The molecule has 27 heavy (non-hydrogen) atoms. The Bertz CT molecular complexity index is 832. The van der Waals surface area contributed by atoms with Crippen LogP contribution in [0, 0.1) is 25.7 Å². The fourth-order valence-corrected chi connectivity index (χ4v) is 4.69. The molecule has 142 valence electrons. The van der Waals surface area contributed by atoms with Crippen LogP contribution < -0.4 is 10.1 Å². The van der Waals surface area contributed by atoms with E-state index in [0.29, 0.717) is 5.92 Å². The van der Waals surface area contributed by atoms with Crippen LogP contribution in [0.1, 0.15) is 49.3 Å². The molecule has 1 aliphatic carbocycles. The van der Waals surface area contributed by atoms with Crippen LogP contribution in [-0.2, 0) is 10.2 Å². The van der Waals surface area contributed by atoms with Crippen molar-refractivity contribution in [3.63, 3.8) is 0 Å². The molecule has 1 N–H and O–H groups in total. The number of aryl methyl sites for hydroxylation is 2. The molecule has 3 heteroatoms. The van der Waals surface area contributed by atoms with Crippen molar-refractivity contribution in [2.75, 3.05) is 11.9 Å². The van der Waals surface area contributed by atoms with Crippen LogP contribution in [0.3, 0.4) is 0 Å². The summed E-state index contributed by atoms with van der Waals surface area (Å²) in [5, 5.41) is 3.09. The summed E-state index contributed by atoms with van der Waals surface area (Å²) in [6, 6.07) is 14.6. The maximum Gasteiger partial charge on any atom is 0.227 e. The summed E-state index contributed by atoms with van der Waals surface area (Å²) in [6.07, 6.45) is 4.38. The molecule has 0 unspecified atom stereocenters. The van der Waals surface area contributed by atoms with Gasteiger partial charge in [0.15, 0.2) is 0 Å².